The first-order chi connectivity index (χ1) is 13.0. The Bertz CT molecular complexity index is 716. The summed E-state index contributed by atoms with van der Waals surface area (Å²) in [7, 11) is 3.40. The Balaban J connectivity index is 1.61. The van der Waals surface area contributed by atoms with E-state index in [1.165, 1.54) is 5.69 Å². The Morgan fingerprint density at radius 2 is 1.74 bits per heavy atom. The van der Waals surface area contributed by atoms with E-state index in [9.17, 15) is 0 Å². The predicted molar refractivity (Wildman–Crippen MR) is 107 cm³/mol. The second kappa shape index (κ2) is 8.67. The van der Waals surface area contributed by atoms with Gasteiger partial charge in [0.15, 0.2) is 0 Å². The van der Waals surface area contributed by atoms with Gasteiger partial charge in [-0.1, -0.05) is 0 Å². The number of anilines is 1. The molecule has 2 aromatic rings. The molecule has 0 unspecified atom stereocenters. The molecule has 1 saturated heterocycles. The van der Waals surface area contributed by atoms with Crippen molar-refractivity contribution in [3.63, 3.8) is 0 Å². The van der Waals surface area contributed by atoms with Crippen LogP contribution >= 0.6 is 0 Å². The molecule has 0 radical (unpaired) electrons. The maximum absolute atomic E-state index is 5.28. The zero-order chi connectivity index (χ0) is 19.3. The van der Waals surface area contributed by atoms with Gasteiger partial charge in [-0.15, -0.1) is 0 Å². The van der Waals surface area contributed by atoms with E-state index in [1.54, 1.807) is 14.2 Å². The zero-order valence-corrected chi connectivity index (χ0v) is 16.8. The molecule has 0 saturated carbocycles. The van der Waals surface area contributed by atoms with E-state index >= 15 is 0 Å². The number of nitrogens with zero attached hydrogens (tertiary/aromatic N) is 4. The van der Waals surface area contributed by atoms with E-state index in [4.69, 9.17) is 9.47 Å². The maximum Gasteiger partial charge on any atom is 0.130 e. The van der Waals surface area contributed by atoms with Crippen molar-refractivity contribution in [2.24, 2.45) is 0 Å². The summed E-state index contributed by atoms with van der Waals surface area (Å²) in [4.78, 5) is 13.9. The van der Waals surface area contributed by atoms with Crippen molar-refractivity contribution in [2.75, 3.05) is 45.4 Å². The van der Waals surface area contributed by atoms with E-state index in [1.807, 2.05) is 24.5 Å². The monoisotopic (exact) mass is 370 g/mol. The number of ether oxygens (including phenoxy) is 2. The molecular formula is C21H30N4O2. The maximum atomic E-state index is 5.28. The van der Waals surface area contributed by atoms with Crippen LogP contribution < -0.4 is 9.64 Å². The van der Waals surface area contributed by atoms with Crippen LogP contribution in [0.4, 0.5) is 5.69 Å². The fourth-order valence-corrected chi connectivity index (χ4v) is 3.68. The van der Waals surface area contributed by atoms with E-state index in [2.05, 4.69) is 45.7 Å². The minimum Gasteiger partial charge on any atom is -0.497 e. The second-order valence-corrected chi connectivity index (χ2v) is 7.62. The smallest absolute Gasteiger partial charge is 0.130 e. The van der Waals surface area contributed by atoms with Gasteiger partial charge in [-0.3, -0.25) is 4.90 Å². The number of aromatic nitrogens is 2. The molecule has 0 spiro atoms. The van der Waals surface area contributed by atoms with Crippen molar-refractivity contribution in [1.29, 1.82) is 0 Å². The lowest BCUT2D eigenvalue weighted by molar-refractivity contribution is 0.175. The summed E-state index contributed by atoms with van der Waals surface area (Å²) in [6.45, 7) is 9.13. The van der Waals surface area contributed by atoms with Crippen molar-refractivity contribution >= 4 is 5.69 Å². The van der Waals surface area contributed by atoms with Gasteiger partial charge in [0.25, 0.3) is 0 Å². The molecule has 1 aliphatic heterocycles. The Morgan fingerprint density at radius 1 is 1.04 bits per heavy atom. The standard InChI is InChI=1S/C21H30N4O2/c1-21(2)16-24(15-17-13-22-20(23-14-17)9-12-26-3)10-11-25(21)18-5-7-19(27-4)8-6-18/h5-8,13-14H,9-12,15-16H2,1-4H3. The van der Waals surface area contributed by atoms with E-state index < -0.39 is 0 Å². The molecule has 3 rings (SSSR count). The van der Waals surface area contributed by atoms with Gasteiger partial charge in [-0.25, -0.2) is 9.97 Å². The summed E-state index contributed by atoms with van der Waals surface area (Å²) >= 11 is 0. The van der Waals surface area contributed by atoms with Crippen molar-refractivity contribution in [1.82, 2.24) is 14.9 Å². The van der Waals surface area contributed by atoms with Crippen LogP contribution in [0.3, 0.4) is 0 Å². The zero-order valence-electron chi connectivity index (χ0n) is 16.8. The quantitative estimate of drug-likeness (QED) is 0.747. The number of benzene rings is 1. The molecule has 0 amide bonds. The summed E-state index contributed by atoms with van der Waals surface area (Å²) < 4.78 is 10.4. The highest BCUT2D eigenvalue weighted by Crippen LogP contribution is 2.29. The first-order valence-corrected chi connectivity index (χ1v) is 9.44. The lowest BCUT2D eigenvalue weighted by atomic mass is 9.97. The first kappa shape index (κ1) is 19.6. The third-order valence-electron chi connectivity index (χ3n) is 5.06. The number of piperazine rings is 1. The van der Waals surface area contributed by atoms with Gasteiger partial charge in [-0.2, -0.15) is 0 Å². The minimum atomic E-state index is 0.0477. The minimum absolute atomic E-state index is 0.0477. The van der Waals surface area contributed by atoms with Crippen LogP contribution in [-0.4, -0.2) is 60.9 Å². The molecule has 0 bridgehead atoms. The highest BCUT2D eigenvalue weighted by atomic mass is 16.5. The van der Waals surface area contributed by atoms with Crippen LogP contribution in [0.5, 0.6) is 5.75 Å². The van der Waals surface area contributed by atoms with Crippen molar-refractivity contribution in [3.05, 3.63) is 48.0 Å². The van der Waals surface area contributed by atoms with Gasteiger partial charge >= 0.3 is 0 Å². The van der Waals surface area contributed by atoms with Gasteiger partial charge in [0, 0.05) is 68.9 Å². The number of rotatable bonds is 7. The summed E-state index contributed by atoms with van der Waals surface area (Å²) in [6, 6.07) is 8.34. The summed E-state index contributed by atoms with van der Waals surface area (Å²) in [6.07, 6.45) is 4.64. The molecule has 6 heteroatoms. The lowest BCUT2D eigenvalue weighted by Gasteiger charge is -2.48. The largest absolute Gasteiger partial charge is 0.497 e. The van der Waals surface area contributed by atoms with Gasteiger partial charge in [-0.05, 0) is 38.1 Å². The molecule has 0 N–H and O–H groups in total. The van der Waals surface area contributed by atoms with Gasteiger partial charge < -0.3 is 14.4 Å². The summed E-state index contributed by atoms with van der Waals surface area (Å²) in [5.74, 6) is 1.73. The average Bonchev–Trinajstić information content (AvgIpc) is 2.67. The summed E-state index contributed by atoms with van der Waals surface area (Å²) in [5.41, 5.74) is 2.45. The molecule has 1 aromatic heterocycles. The topological polar surface area (TPSA) is 50.7 Å². The van der Waals surface area contributed by atoms with Crippen molar-refractivity contribution < 1.29 is 9.47 Å². The van der Waals surface area contributed by atoms with Crippen molar-refractivity contribution in [2.45, 2.75) is 32.4 Å². The molecule has 6 nitrogen and oxygen atoms in total. The fraction of sp³-hybridized carbons (Fsp3) is 0.524. The molecule has 27 heavy (non-hydrogen) atoms. The third-order valence-corrected chi connectivity index (χ3v) is 5.06. The molecule has 0 aliphatic carbocycles. The van der Waals surface area contributed by atoms with E-state index in [0.717, 1.165) is 49.7 Å². The molecule has 0 atom stereocenters. The number of methoxy groups -OCH3 is 2. The van der Waals surface area contributed by atoms with E-state index in [-0.39, 0.29) is 5.54 Å². The predicted octanol–water partition coefficient (Wildman–Crippen LogP) is 2.77. The van der Waals surface area contributed by atoms with Crippen LogP contribution in [-0.2, 0) is 17.7 Å². The molecular weight excluding hydrogens is 340 g/mol. The third kappa shape index (κ3) is 4.96. The van der Waals surface area contributed by atoms with E-state index in [0.29, 0.717) is 6.61 Å². The highest BCUT2D eigenvalue weighted by molar-refractivity contribution is 5.51. The van der Waals surface area contributed by atoms with Crippen LogP contribution in [0.15, 0.2) is 36.7 Å². The van der Waals surface area contributed by atoms with Crippen LogP contribution in [0.1, 0.15) is 25.2 Å². The Morgan fingerprint density at radius 3 is 2.33 bits per heavy atom. The van der Waals surface area contributed by atoms with Crippen molar-refractivity contribution in [3.8, 4) is 5.75 Å². The Kier molecular flexibility index (Phi) is 6.29. The average molecular weight is 370 g/mol. The fourth-order valence-electron chi connectivity index (χ4n) is 3.68. The van der Waals surface area contributed by atoms with Gasteiger partial charge in [0.1, 0.15) is 11.6 Å². The molecule has 1 fully saturated rings. The van der Waals surface area contributed by atoms with Gasteiger partial charge in [0.05, 0.1) is 13.7 Å². The molecule has 146 valence electrons. The first-order valence-electron chi connectivity index (χ1n) is 9.44. The second-order valence-electron chi connectivity index (χ2n) is 7.62. The Hall–Kier alpha value is -2.18. The number of hydrogen-bond acceptors (Lipinski definition) is 6. The molecule has 1 aliphatic rings. The van der Waals surface area contributed by atoms with Gasteiger partial charge in [0.2, 0.25) is 0 Å². The molecule has 2 heterocycles. The normalized spacial score (nSPS) is 17.1. The molecule has 1 aromatic carbocycles. The van der Waals surface area contributed by atoms with Crippen LogP contribution in [0, 0.1) is 0 Å². The van der Waals surface area contributed by atoms with Crippen LogP contribution in [0.2, 0.25) is 0 Å². The SMILES string of the molecule is COCCc1ncc(CN2CCN(c3ccc(OC)cc3)C(C)(C)C2)cn1. The summed E-state index contributed by atoms with van der Waals surface area (Å²) in [5, 5.41) is 0. The highest BCUT2D eigenvalue weighted by Gasteiger charge is 2.33. The lowest BCUT2D eigenvalue weighted by Crippen LogP contribution is -2.59. The number of hydrogen-bond donors (Lipinski definition) is 0. The Labute approximate surface area is 162 Å². The van der Waals surface area contributed by atoms with Crippen LogP contribution in [0.25, 0.3) is 0 Å².